The maximum Gasteiger partial charge on any atom is 0.276 e. The third kappa shape index (κ3) is 1.99. The first kappa shape index (κ1) is 8.93. The van der Waals surface area contributed by atoms with Gasteiger partial charge in [0.05, 0.1) is 19.8 Å². The molecule has 2 saturated heterocycles. The maximum absolute atomic E-state index is 11.6. The molecule has 1 N–H and O–H groups in total. The Balaban J connectivity index is 1.87. The fraction of sp³-hybridized carbons (Fsp3) is 0.875. The first-order valence-corrected chi connectivity index (χ1v) is 4.64. The van der Waals surface area contributed by atoms with Gasteiger partial charge in [0.2, 0.25) is 0 Å². The van der Waals surface area contributed by atoms with E-state index < -0.39 is 0 Å². The Morgan fingerprint density at radius 1 is 1.46 bits per heavy atom. The molecular weight excluding hydrogens is 172 g/mol. The van der Waals surface area contributed by atoms with Gasteiger partial charge in [0.1, 0.15) is 0 Å². The summed E-state index contributed by atoms with van der Waals surface area (Å²) in [5, 5.41) is 4.53. The molecule has 1 atom stereocenters. The Hall–Kier alpha value is -0.650. The van der Waals surface area contributed by atoms with Gasteiger partial charge in [-0.1, -0.05) is 0 Å². The van der Waals surface area contributed by atoms with Crippen LogP contribution in [0.3, 0.4) is 0 Å². The summed E-state index contributed by atoms with van der Waals surface area (Å²) in [6, 6.07) is 0. The molecule has 1 unspecified atom stereocenters. The topological polar surface area (TPSA) is 50.8 Å². The molecule has 2 rings (SSSR count). The number of nitrogens with one attached hydrogen (secondary N) is 1. The van der Waals surface area contributed by atoms with Crippen molar-refractivity contribution < 1.29 is 14.4 Å². The summed E-state index contributed by atoms with van der Waals surface area (Å²) in [7, 11) is 0. The van der Waals surface area contributed by atoms with Gasteiger partial charge in [-0.25, -0.2) is 5.06 Å². The second-order valence-corrected chi connectivity index (χ2v) is 3.19. The van der Waals surface area contributed by atoms with E-state index in [0.717, 1.165) is 13.0 Å². The Morgan fingerprint density at radius 2 is 2.38 bits per heavy atom. The van der Waals surface area contributed by atoms with E-state index in [-0.39, 0.29) is 12.0 Å². The lowest BCUT2D eigenvalue weighted by Crippen LogP contribution is -2.48. The second-order valence-electron chi connectivity index (χ2n) is 3.19. The zero-order chi connectivity index (χ0) is 9.10. The van der Waals surface area contributed by atoms with Gasteiger partial charge < -0.3 is 10.1 Å². The fourth-order valence-corrected chi connectivity index (χ4v) is 1.51. The number of hydrogen-bond donors (Lipinski definition) is 1. The minimum atomic E-state index is -0.355. The zero-order valence-electron chi connectivity index (χ0n) is 7.49. The monoisotopic (exact) mass is 186 g/mol. The smallest absolute Gasteiger partial charge is 0.276 e. The summed E-state index contributed by atoms with van der Waals surface area (Å²) in [4.78, 5) is 16.8. The standard InChI is InChI=1S/C8H14N2O3/c11-8(10-3-1-4-13-10)7-6-9-2-5-12-7/h7,9H,1-6H2. The lowest BCUT2D eigenvalue weighted by molar-refractivity contribution is -0.182. The molecule has 2 heterocycles. The predicted molar refractivity (Wildman–Crippen MR) is 44.9 cm³/mol. The van der Waals surface area contributed by atoms with Crippen LogP contribution in [0.4, 0.5) is 0 Å². The van der Waals surface area contributed by atoms with E-state index in [0.29, 0.717) is 26.3 Å². The van der Waals surface area contributed by atoms with Crippen LogP contribution in [-0.4, -0.2) is 49.9 Å². The van der Waals surface area contributed by atoms with Crippen molar-refractivity contribution in [3.63, 3.8) is 0 Å². The summed E-state index contributed by atoms with van der Waals surface area (Å²) >= 11 is 0. The van der Waals surface area contributed by atoms with Crippen molar-refractivity contribution in [3.8, 4) is 0 Å². The average molecular weight is 186 g/mol. The van der Waals surface area contributed by atoms with Gasteiger partial charge in [-0.2, -0.15) is 0 Å². The van der Waals surface area contributed by atoms with Crippen LogP contribution in [0.15, 0.2) is 0 Å². The number of ether oxygens (including phenoxy) is 1. The van der Waals surface area contributed by atoms with Gasteiger partial charge in [-0.15, -0.1) is 0 Å². The van der Waals surface area contributed by atoms with E-state index in [1.807, 2.05) is 0 Å². The highest BCUT2D eigenvalue weighted by Crippen LogP contribution is 2.09. The third-order valence-electron chi connectivity index (χ3n) is 2.20. The van der Waals surface area contributed by atoms with Crippen molar-refractivity contribution in [2.24, 2.45) is 0 Å². The highest BCUT2D eigenvalue weighted by atomic mass is 16.7. The Kier molecular flexibility index (Phi) is 2.77. The molecule has 13 heavy (non-hydrogen) atoms. The molecule has 1 amide bonds. The highest BCUT2D eigenvalue weighted by Gasteiger charge is 2.29. The van der Waals surface area contributed by atoms with Crippen LogP contribution < -0.4 is 5.32 Å². The molecule has 5 nitrogen and oxygen atoms in total. The van der Waals surface area contributed by atoms with Gasteiger partial charge in [-0.3, -0.25) is 9.63 Å². The number of morpholine rings is 1. The molecule has 2 aliphatic rings. The highest BCUT2D eigenvalue weighted by molar-refractivity contribution is 5.80. The quantitative estimate of drug-likeness (QED) is 0.579. The lowest BCUT2D eigenvalue weighted by atomic mass is 10.3. The zero-order valence-corrected chi connectivity index (χ0v) is 7.49. The maximum atomic E-state index is 11.6. The largest absolute Gasteiger partial charge is 0.366 e. The first-order valence-electron chi connectivity index (χ1n) is 4.64. The number of hydrogen-bond acceptors (Lipinski definition) is 4. The second kappa shape index (κ2) is 4.04. The molecule has 0 saturated carbocycles. The Bertz CT molecular complexity index is 186. The van der Waals surface area contributed by atoms with E-state index in [1.54, 1.807) is 0 Å². The van der Waals surface area contributed by atoms with Gasteiger partial charge in [0, 0.05) is 13.1 Å². The van der Waals surface area contributed by atoms with E-state index in [2.05, 4.69) is 5.32 Å². The van der Waals surface area contributed by atoms with Crippen molar-refractivity contribution in [2.75, 3.05) is 32.8 Å². The summed E-state index contributed by atoms with van der Waals surface area (Å²) < 4.78 is 5.32. The van der Waals surface area contributed by atoms with Crippen LogP contribution in [0, 0.1) is 0 Å². The molecule has 0 aromatic rings. The lowest BCUT2D eigenvalue weighted by Gasteiger charge is -2.25. The normalized spacial score (nSPS) is 29.2. The first-order chi connectivity index (χ1) is 6.38. The summed E-state index contributed by atoms with van der Waals surface area (Å²) in [6.07, 6.45) is 0.568. The summed E-state index contributed by atoms with van der Waals surface area (Å²) in [6.45, 7) is 3.36. The van der Waals surface area contributed by atoms with Crippen molar-refractivity contribution in [1.29, 1.82) is 0 Å². The van der Waals surface area contributed by atoms with Gasteiger partial charge >= 0.3 is 0 Å². The van der Waals surface area contributed by atoms with Gasteiger partial charge in [0.25, 0.3) is 5.91 Å². The number of carbonyl (C=O) groups excluding carboxylic acids is 1. The number of amides is 1. The van der Waals surface area contributed by atoms with Crippen LogP contribution in [0.2, 0.25) is 0 Å². The SMILES string of the molecule is O=C(C1CNCCO1)N1CCCO1. The van der Waals surface area contributed by atoms with Crippen LogP contribution in [0.25, 0.3) is 0 Å². The molecule has 0 aromatic carbocycles. The molecule has 5 heteroatoms. The van der Waals surface area contributed by atoms with Gasteiger partial charge in [0.15, 0.2) is 6.10 Å². The number of rotatable bonds is 1. The van der Waals surface area contributed by atoms with E-state index >= 15 is 0 Å². The predicted octanol–water partition coefficient (Wildman–Crippen LogP) is -0.861. The fourth-order valence-electron chi connectivity index (χ4n) is 1.51. The molecule has 0 bridgehead atoms. The van der Waals surface area contributed by atoms with Crippen molar-refractivity contribution in [2.45, 2.75) is 12.5 Å². The minimum absolute atomic E-state index is 0.0512. The van der Waals surface area contributed by atoms with Crippen molar-refractivity contribution >= 4 is 5.91 Å². The molecule has 0 spiro atoms. The summed E-state index contributed by atoms with van der Waals surface area (Å²) in [5.74, 6) is -0.0512. The van der Waals surface area contributed by atoms with E-state index in [4.69, 9.17) is 9.57 Å². The molecule has 0 aliphatic carbocycles. The molecule has 0 aromatic heterocycles. The average Bonchev–Trinajstić information content (AvgIpc) is 2.71. The molecular formula is C8H14N2O3. The molecule has 0 radical (unpaired) electrons. The van der Waals surface area contributed by atoms with Crippen molar-refractivity contribution in [3.05, 3.63) is 0 Å². The number of nitrogens with zero attached hydrogens (tertiary/aromatic N) is 1. The van der Waals surface area contributed by atoms with Crippen LogP contribution >= 0.6 is 0 Å². The van der Waals surface area contributed by atoms with Crippen molar-refractivity contribution in [1.82, 2.24) is 10.4 Å². The number of carbonyl (C=O) groups is 1. The van der Waals surface area contributed by atoms with E-state index in [1.165, 1.54) is 5.06 Å². The molecule has 74 valence electrons. The minimum Gasteiger partial charge on any atom is -0.366 e. The third-order valence-corrected chi connectivity index (χ3v) is 2.20. The molecule has 2 aliphatic heterocycles. The molecule has 2 fully saturated rings. The van der Waals surface area contributed by atoms with Crippen LogP contribution in [0.1, 0.15) is 6.42 Å². The Morgan fingerprint density at radius 3 is 3.00 bits per heavy atom. The number of hydroxylamine groups is 2. The van der Waals surface area contributed by atoms with Gasteiger partial charge in [-0.05, 0) is 6.42 Å². The Labute approximate surface area is 76.9 Å². The van der Waals surface area contributed by atoms with Crippen LogP contribution in [-0.2, 0) is 14.4 Å². The van der Waals surface area contributed by atoms with Crippen LogP contribution in [0.5, 0.6) is 0 Å². The summed E-state index contributed by atoms with van der Waals surface area (Å²) in [5.41, 5.74) is 0. The van der Waals surface area contributed by atoms with E-state index in [9.17, 15) is 4.79 Å².